The van der Waals surface area contributed by atoms with Gasteiger partial charge in [-0.1, -0.05) is 54.6 Å². The summed E-state index contributed by atoms with van der Waals surface area (Å²) in [5, 5.41) is 2.58. The fraction of sp³-hybridized carbons (Fsp3) is 0.0500. The molecule has 0 bridgehead atoms. The summed E-state index contributed by atoms with van der Waals surface area (Å²) >= 11 is 0. The molecule has 1 aromatic heterocycles. The molecule has 0 aliphatic heterocycles. The molecule has 0 fully saturated rings. The number of fused-ring (bicyclic) bond motifs is 4. The third kappa shape index (κ3) is 1.43. The highest BCUT2D eigenvalue weighted by Gasteiger charge is 2.20. The Labute approximate surface area is 122 Å². The summed E-state index contributed by atoms with van der Waals surface area (Å²) in [4.78, 5) is 4.85. The minimum atomic E-state index is 1.00. The number of benzene rings is 3. The second-order valence-corrected chi connectivity index (χ2v) is 5.65. The molecule has 1 aliphatic carbocycles. The molecule has 0 atom stereocenters. The Morgan fingerprint density at radius 2 is 1.43 bits per heavy atom. The fourth-order valence-corrected chi connectivity index (χ4v) is 3.57. The van der Waals surface area contributed by atoms with Gasteiger partial charge in [-0.05, 0) is 35.2 Å². The lowest BCUT2D eigenvalue weighted by atomic mass is 9.83. The summed E-state index contributed by atoms with van der Waals surface area (Å²) in [6.45, 7) is 0. The molecule has 0 spiro atoms. The molecular formula is C20H13N. The van der Waals surface area contributed by atoms with Crippen molar-refractivity contribution in [1.29, 1.82) is 0 Å². The third-order valence-electron chi connectivity index (χ3n) is 4.46. The predicted molar refractivity (Wildman–Crippen MR) is 87.5 cm³/mol. The van der Waals surface area contributed by atoms with Gasteiger partial charge >= 0.3 is 0 Å². The summed E-state index contributed by atoms with van der Waals surface area (Å²) in [7, 11) is 0. The van der Waals surface area contributed by atoms with E-state index in [9.17, 15) is 0 Å². The molecule has 3 aromatic carbocycles. The van der Waals surface area contributed by atoms with Gasteiger partial charge in [0.1, 0.15) is 0 Å². The number of hydrogen-bond donors (Lipinski definition) is 0. The molecule has 1 heteroatoms. The average molecular weight is 267 g/mol. The molecule has 21 heavy (non-hydrogen) atoms. The zero-order valence-corrected chi connectivity index (χ0v) is 11.5. The molecular weight excluding hydrogens is 254 g/mol. The van der Waals surface area contributed by atoms with Gasteiger partial charge < -0.3 is 0 Å². The number of aromatic nitrogens is 1. The summed E-state index contributed by atoms with van der Waals surface area (Å²) in [6, 6.07) is 23.7. The van der Waals surface area contributed by atoms with Crippen LogP contribution >= 0.6 is 0 Å². The van der Waals surface area contributed by atoms with Gasteiger partial charge in [-0.2, -0.15) is 0 Å². The molecule has 98 valence electrons. The maximum Gasteiger partial charge on any atom is 0.0718 e. The lowest BCUT2D eigenvalue weighted by molar-refractivity contribution is 1.20. The van der Waals surface area contributed by atoms with E-state index in [1.54, 1.807) is 0 Å². The predicted octanol–water partition coefficient (Wildman–Crippen LogP) is 4.96. The highest BCUT2D eigenvalue weighted by atomic mass is 14.7. The molecule has 5 rings (SSSR count). The fourth-order valence-electron chi connectivity index (χ4n) is 3.57. The van der Waals surface area contributed by atoms with E-state index < -0.39 is 0 Å². The van der Waals surface area contributed by atoms with Gasteiger partial charge in [0.05, 0.1) is 11.0 Å². The van der Waals surface area contributed by atoms with E-state index in [0.717, 1.165) is 17.5 Å². The van der Waals surface area contributed by atoms with E-state index in [0.29, 0.717) is 0 Å². The zero-order chi connectivity index (χ0) is 13.8. The van der Waals surface area contributed by atoms with E-state index in [2.05, 4.69) is 66.7 Å². The van der Waals surface area contributed by atoms with E-state index in [4.69, 9.17) is 4.98 Å². The van der Waals surface area contributed by atoms with E-state index >= 15 is 0 Å². The molecule has 1 aliphatic rings. The van der Waals surface area contributed by atoms with Crippen LogP contribution in [0.4, 0.5) is 0 Å². The topological polar surface area (TPSA) is 12.9 Å². The molecule has 0 saturated carbocycles. The Hall–Kier alpha value is -2.67. The van der Waals surface area contributed by atoms with Gasteiger partial charge in [-0.15, -0.1) is 0 Å². The first-order valence-corrected chi connectivity index (χ1v) is 7.30. The number of pyridine rings is 1. The van der Waals surface area contributed by atoms with E-state index in [1.165, 1.54) is 33.0 Å². The van der Waals surface area contributed by atoms with Gasteiger partial charge in [-0.3, -0.25) is 0 Å². The van der Waals surface area contributed by atoms with Crippen LogP contribution in [0.2, 0.25) is 0 Å². The SMILES string of the molecule is c1ccc2c(c1)Cc1cccc3nc4ccccc4c-2c13. The van der Waals surface area contributed by atoms with Crippen molar-refractivity contribution in [3.63, 3.8) is 0 Å². The Bertz CT molecular complexity index is 1010. The van der Waals surface area contributed by atoms with Crippen LogP contribution in [0.1, 0.15) is 11.1 Å². The third-order valence-corrected chi connectivity index (χ3v) is 4.46. The Morgan fingerprint density at radius 3 is 2.43 bits per heavy atom. The van der Waals surface area contributed by atoms with E-state index in [-0.39, 0.29) is 0 Å². The lowest BCUT2D eigenvalue weighted by Crippen LogP contribution is -2.02. The Balaban J connectivity index is 2.11. The quantitative estimate of drug-likeness (QED) is 0.361. The van der Waals surface area contributed by atoms with Gasteiger partial charge in [0.15, 0.2) is 0 Å². The van der Waals surface area contributed by atoms with Crippen LogP contribution in [0.15, 0.2) is 66.7 Å². The first-order valence-electron chi connectivity index (χ1n) is 7.30. The van der Waals surface area contributed by atoms with Crippen molar-refractivity contribution >= 4 is 21.8 Å². The van der Waals surface area contributed by atoms with Gasteiger partial charge in [0, 0.05) is 16.3 Å². The smallest absolute Gasteiger partial charge is 0.0718 e. The van der Waals surface area contributed by atoms with Crippen LogP contribution in [-0.4, -0.2) is 4.98 Å². The van der Waals surface area contributed by atoms with Crippen LogP contribution < -0.4 is 0 Å². The number of hydrogen-bond acceptors (Lipinski definition) is 1. The van der Waals surface area contributed by atoms with E-state index in [1.807, 2.05) is 0 Å². The van der Waals surface area contributed by atoms with Crippen molar-refractivity contribution in [2.75, 3.05) is 0 Å². The first-order chi connectivity index (χ1) is 10.4. The molecule has 0 N–H and O–H groups in total. The van der Waals surface area contributed by atoms with Crippen LogP contribution in [0.3, 0.4) is 0 Å². The molecule has 0 saturated heterocycles. The monoisotopic (exact) mass is 267 g/mol. The van der Waals surface area contributed by atoms with Crippen LogP contribution in [0.5, 0.6) is 0 Å². The highest BCUT2D eigenvalue weighted by Crippen LogP contribution is 2.42. The molecule has 0 amide bonds. The molecule has 0 unspecified atom stereocenters. The zero-order valence-electron chi connectivity index (χ0n) is 11.5. The number of nitrogens with zero attached hydrogens (tertiary/aromatic N) is 1. The molecule has 1 nitrogen and oxygen atoms in total. The van der Waals surface area contributed by atoms with Crippen molar-refractivity contribution in [2.24, 2.45) is 0 Å². The minimum absolute atomic E-state index is 1.00. The Morgan fingerprint density at radius 1 is 0.667 bits per heavy atom. The molecule has 0 radical (unpaired) electrons. The summed E-state index contributed by atoms with van der Waals surface area (Å²) < 4.78 is 0. The summed E-state index contributed by atoms with van der Waals surface area (Å²) in [5.74, 6) is 0. The second kappa shape index (κ2) is 3.92. The molecule has 1 heterocycles. The summed E-state index contributed by atoms with van der Waals surface area (Å²) in [5.41, 5.74) is 7.70. The number of para-hydroxylation sites is 1. The minimum Gasteiger partial charge on any atom is -0.248 e. The van der Waals surface area contributed by atoms with Gasteiger partial charge in [-0.25, -0.2) is 4.98 Å². The van der Waals surface area contributed by atoms with Crippen molar-refractivity contribution in [3.8, 4) is 11.1 Å². The first kappa shape index (κ1) is 11.0. The van der Waals surface area contributed by atoms with Crippen molar-refractivity contribution in [3.05, 3.63) is 77.9 Å². The van der Waals surface area contributed by atoms with Crippen LogP contribution in [0, 0.1) is 0 Å². The van der Waals surface area contributed by atoms with Crippen molar-refractivity contribution in [1.82, 2.24) is 4.98 Å². The maximum absolute atomic E-state index is 4.85. The Kier molecular flexibility index (Phi) is 2.06. The lowest BCUT2D eigenvalue weighted by Gasteiger charge is -2.22. The van der Waals surface area contributed by atoms with Crippen molar-refractivity contribution in [2.45, 2.75) is 6.42 Å². The number of rotatable bonds is 0. The van der Waals surface area contributed by atoms with Gasteiger partial charge in [0.2, 0.25) is 0 Å². The standard InChI is InChI=1S/C20H13N/c1-2-8-15-13(6-1)12-14-7-5-11-18-19(14)20(15)16-9-3-4-10-17(16)21-18/h1-11H,12H2. The van der Waals surface area contributed by atoms with Crippen LogP contribution in [-0.2, 0) is 6.42 Å². The maximum atomic E-state index is 4.85. The van der Waals surface area contributed by atoms with Gasteiger partial charge in [0.25, 0.3) is 0 Å². The average Bonchev–Trinajstić information content (AvgIpc) is 2.54. The summed E-state index contributed by atoms with van der Waals surface area (Å²) in [6.07, 6.45) is 1.00. The highest BCUT2D eigenvalue weighted by molar-refractivity contribution is 6.12. The largest absolute Gasteiger partial charge is 0.248 e. The van der Waals surface area contributed by atoms with Crippen LogP contribution in [0.25, 0.3) is 32.9 Å². The molecule has 4 aromatic rings. The normalized spacial score (nSPS) is 12.6. The van der Waals surface area contributed by atoms with Crippen molar-refractivity contribution < 1.29 is 0 Å². The second-order valence-electron chi connectivity index (χ2n) is 5.65.